The van der Waals surface area contributed by atoms with Gasteiger partial charge in [0.15, 0.2) is 0 Å². The highest BCUT2D eigenvalue weighted by molar-refractivity contribution is 6.99. The number of ether oxygens (including phenoxy) is 1. The Hall–Kier alpha value is -3.07. The number of hydrogen-bond acceptors (Lipinski definition) is 5. The van der Waals surface area contributed by atoms with Crippen molar-refractivity contribution < 1.29 is 14.0 Å². The normalized spacial score (nSPS) is 20.6. The summed E-state index contributed by atoms with van der Waals surface area (Å²) in [6.45, 7) is 8.42. The lowest BCUT2D eigenvalue weighted by atomic mass is 10.0. The summed E-state index contributed by atoms with van der Waals surface area (Å²) in [5.41, 5.74) is -0.575. The molecule has 0 aliphatic carbocycles. The third-order valence-electron chi connectivity index (χ3n) is 6.80. The molecule has 3 aromatic rings. The van der Waals surface area contributed by atoms with Crippen molar-refractivity contribution >= 4 is 25.0 Å². The summed E-state index contributed by atoms with van der Waals surface area (Å²) in [5, 5.41) is 2.07. The van der Waals surface area contributed by atoms with E-state index in [9.17, 15) is 14.4 Å². The van der Waals surface area contributed by atoms with Crippen LogP contribution in [0.1, 0.15) is 39.0 Å². The molecule has 1 saturated heterocycles. The summed E-state index contributed by atoms with van der Waals surface area (Å²) in [7, 11) is -2.80. The van der Waals surface area contributed by atoms with Gasteiger partial charge in [-0.15, -0.1) is 0 Å². The Balaban J connectivity index is 1.69. The Labute approximate surface area is 205 Å². The minimum atomic E-state index is -2.80. The van der Waals surface area contributed by atoms with E-state index in [1.165, 1.54) is 10.8 Å². The molecule has 1 aliphatic rings. The van der Waals surface area contributed by atoms with Crippen LogP contribution in [0.15, 0.2) is 76.4 Å². The number of aryl methyl sites for hydroxylation is 1. The van der Waals surface area contributed by atoms with Gasteiger partial charge in [0, 0.05) is 24.1 Å². The molecule has 0 spiro atoms. The molecule has 1 unspecified atom stereocenters. The second-order valence-corrected chi connectivity index (χ2v) is 14.4. The van der Waals surface area contributed by atoms with Crippen LogP contribution in [0.5, 0.6) is 0 Å². The lowest BCUT2D eigenvalue weighted by Gasteiger charge is -2.43. The van der Waals surface area contributed by atoms with Crippen LogP contribution >= 0.6 is 0 Å². The predicted molar refractivity (Wildman–Crippen MR) is 138 cm³/mol. The van der Waals surface area contributed by atoms with E-state index in [1.54, 1.807) is 6.92 Å². The van der Waals surface area contributed by atoms with Gasteiger partial charge >= 0.3 is 5.69 Å². The van der Waals surface area contributed by atoms with Gasteiger partial charge in [-0.3, -0.25) is 14.3 Å². The summed E-state index contributed by atoms with van der Waals surface area (Å²) >= 11 is 0. The van der Waals surface area contributed by atoms with Gasteiger partial charge in [0.05, 0.1) is 12.7 Å². The first-order chi connectivity index (χ1) is 16.7. The fourth-order valence-electron chi connectivity index (χ4n) is 5.00. The summed E-state index contributed by atoms with van der Waals surface area (Å²) < 4.78 is 14.5. The molecule has 7 nitrogen and oxygen atoms in total. The highest BCUT2D eigenvalue weighted by Crippen LogP contribution is 2.38. The van der Waals surface area contributed by atoms with Gasteiger partial charge < -0.3 is 14.0 Å². The molecular weight excluding hydrogens is 460 g/mol. The van der Waals surface area contributed by atoms with E-state index in [0.29, 0.717) is 12.0 Å². The van der Waals surface area contributed by atoms with E-state index in [4.69, 9.17) is 9.16 Å². The van der Waals surface area contributed by atoms with Crippen LogP contribution in [0.3, 0.4) is 0 Å². The first-order valence-corrected chi connectivity index (χ1v) is 13.8. The molecule has 1 N–H and O–H groups in total. The highest BCUT2D eigenvalue weighted by Gasteiger charge is 2.51. The van der Waals surface area contributed by atoms with Gasteiger partial charge in [-0.25, -0.2) is 4.79 Å². The average molecular weight is 493 g/mol. The number of hydrogen-bond donors (Lipinski definition) is 1. The van der Waals surface area contributed by atoms with Crippen molar-refractivity contribution in [2.24, 2.45) is 5.92 Å². The number of benzene rings is 2. The zero-order valence-electron chi connectivity index (χ0n) is 20.6. The largest absolute Gasteiger partial charge is 0.405 e. The van der Waals surface area contributed by atoms with E-state index >= 15 is 0 Å². The van der Waals surface area contributed by atoms with Crippen LogP contribution in [0.2, 0.25) is 5.04 Å². The molecule has 2 heterocycles. The molecule has 0 saturated carbocycles. The van der Waals surface area contributed by atoms with Crippen molar-refractivity contribution in [1.82, 2.24) is 9.55 Å². The maximum absolute atomic E-state index is 12.4. The molecule has 1 fully saturated rings. The van der Waals surface area contributed by atoms with Crippen LogP contribution in [0.4, 0.5) is 0 Å². The number of carbonyl (C=O) groups excluding carboxylic acids is 1. The zero-order valence-corrected chi connectivity index (χ0v) is 21.6. The highest BCUT2D eigenvalue weighted by atomic mass is 28.4. The number of aldehydes is 1. The Bertz CT molecular complexity index is 1240. The number of nitrogens with one attached hydrogen (secondary N) is 1. The summed E-state index contributed by atoms with van der Waals surface area (Å²) in [6, 6.07) is 20.5. The predicted octanol–water partition coefficient (Wildman–Crippen LogP) is 2.52. The number of rotatable bonds is 7. The first-order valence-electron chi connectivity index (χ1n) is 11.8. The molecule has 8 heteroatoms. The Morgan fingerprint density at radius 2 is 1.63 bits per heavy atom. The van der Waals surface area contributed by atoms with E-state index < -0.39 is 37.8 Å². The average Bonchev–Trinajstić information content (AvgIpc) is 3.25. The van der Waals surface area contributed by atoms with Crippen LogP contribution in [-0.4, -0.2) is 36.9 Å². The number of aromatic nitrogens is 2. The SMILES string of the molecule is Cc1cn([C@H]2CC(C=O)[C@@H](CO[Si](c3ccccc3)(c3ccccc3)C(C)(C)C)O2)c(=O)[nH]c1=O. The second kappa shape index (κ2) is 9.89. The summed E-state index contributed by atoms with van der Waals surface area (Å²) in [6.07, 6.45) is 1.53. The van der Waals surface area contributed by atoms with Gasteiger partial charge in [0.1, 0.15) is 12.5 Å². The van der Waals surface area contributed by atoms with E-state index in [1.807, 2.05) is 36.4 Å². The molecule has 0 amide bonds. The van der Waals surface area contributed by atoms with Crippen molar-refractivity contribution in [2.75, 3.05) is 6.61 Å². The quantitative estimate of drug-likeness (QED) is 0.404. The van der Waals surface area contributed by atoms with Crippen molar-refractivity contribution in [3.8, 4) is 0 Å². The first kappa shape index (κ1) is 25.0. The number of nitrogens with zero attached hydrogens (tertiary/aromatic N) is 1. The lowest BCUT2D eigenvalue weighted by molar-refractivity contribution is -0.113. The zero-order chi connectivity index (χ0) is 25.2. The second-order valence-electron chi connectivity index (χ2n) is 10.1. The Morgan fingerprint density at radius 3 is 2.14 bits per heavy atom. The molecule has 4 rings (SSSR count). The summed E-state index contributed by atoms with van der Waals surface area (Å²) in [4.78, 5) is 38.5. The minimum Gasteiger partial charge on any atom is -0.405 e. The maximum atomic E-state index is 12.4. The molecule has 35 heavy (non-hydrogen) atoms. The van der Waals surface area contributed by atoms with Gasteiger partial charge in [-0.2, -0.15) is 0 Å². The standard InChI is InChI=1S/C27H32N2O5Si/c1-19-16-29(26(32)28-25(19)31)24-15-20(17-30)23(34-24)18-33-35(27(2,3)4,21-11-7-5-8-12-21)22-13-9-6-10-14-22/h5-14,16-17,20,23-24H,15,18H2,1-4H3,(H,28,31,32)/t20?,23-,24-/m1/s1. The Morgan fingerprint density at radius 1 is 1.06 bits per heavy atom. The molecule has 0 radical (unpaired) electrons. The lowest BCUT2D eigenvalue weighted by Crippen LogP contribution is -2.67. The monoisotopic (exact) mass is 492 g/mol. The third-order valence-corrected chi connectivity index (χ3v) is 11.8. The number of aromatic amines is 1. The smallest absolute Gasteiger partial charge is 0.330 e. The van der Waals surface area contributed by atoms with Crippen molar-refractivity contribution in [3.05, 3.63) is 93.3 Å². The third kappa shape index (κ3) is 4.74. The molecule has 1 aromatic heterocycles. The van der Waals surface area contributed by atoms with Gasteiger partial charge in [0.2, 0.25) is 0 Å². The maximum Gasteiger partial charge on any atom is 0.330 e. The molecule has 0 bridgehead atoms. The van der Waals surface area contributed by atoms with Crippen molar-refractivity contribution in [3.63, 3.8) is 0 Å². The van der Waals surface area contributed by atoms with Crippen LogP contribution < -0.4 is 21.6 Å². The topological polar surface area (TPSA) is 90.4 Å². The van der Waals surface area contributed by atoms with E-state index in [-0.39, 0.29) is 11.6 Å². The molecule has 3 atom stereocenters. The molecule has 1 aliphatic heterocycles. The Kier molecular flexibility index (Phi) is 7.07. The van der Waals surface area contributed by atoms with E-state index in [0.717, 1.165) is 16.7 Å². The van der Waals surface area contributed by atoms with Crippen LogP contribution in [-0.2, 0) is 14.0 Å². The fraction of sp³-hybridized carbons (Fsp3) is 0.370. The minimum absolute atomic E-state index is 0.211. The molecule has 184 valence electrons. The van der Waals surface area contributed by atoms with Crippen LogP contribution in [0, 0.1) is 12.8 Å². The van der Waals surface area contributed by atoms with E-state index in [2.05, 4.69) is 50.0 Å². The number of carbonyl (C=O) groups is 1. The van der Waals surface area contributed by atoms with Crippen molar-refractivity contribution in [2.45, 2.75) is 51.5 Å². The van der Waals surface area contributed by atoms with Gasteiger partial charge in [-0.1, -0.05) is 81.4 Å². The van der Waals surface area contributed by atoms with Crippen LogP contribution in [0.25, 0.3) is 0 Å². The fourth-order valence-corrected chi connectivity index (χ4v) is 9.57. The number of H-pyrrole nitrogens is 1. The van der Waals surface area contributed by atoms with Gasteiger partial charge in [0.25, 0.3) is 13.9 Å². The molecular formula is C27H32N2O5Si. The molecule has 2 aromatic carbocycles. The van der Waals surface area contributed by atoms with Crippen molar-refractivity contribution in [1.29, 1.82) is 0 Å². The van der Waals surface area contributed by atoms with Gasteiger partial charge in [-0.05, 0) is 22.3 Å². The summed E-state index contributed by atoms with van der Waals surface area (Å²) in [5.74, 6) is -0.433.